The molecule has 0 saturated carbocycles. The van der Waals surface area contributed by atoms with Gasteiger partial charge in [-0.05, 0) is 28.8 Å². The Morgan fingerprint density at radius 2 is 1.52 bits per heavy atom. The highest BCUT2D eigenvalue weighted by molar-refractivity contribution is 6.99. The van der Waals surface area contributed by atoms with Crippen molar-refractivity contribution in [2.75, 3.05) is 6.61 Å². The lowest BCUT2D eigenvalue weighted by Gasteiger charge is -2.34. The summed E-state index contributed by atoms with van der Waals surface area (Å²) in [5, 5.41) is 2.71. The first-order valence-corrected chi connectivity index (χ1v) is 10.6. The maximum atomic E-state index is 6.75. The standard InChI is InChI=1S/C20H26O2Si/c1-4-21-20-15-19(16(2)3)23(22-20,17-11-7-5-8-12-17)18-13-9-6-10-14-18/h5-14,16,19-20H,4,15H2,1-3H3. The number of ether oxygens (including phenoxy) is 1. The van der Waals surface area contributed by atoms with Crippen LogP contribution in [-0.2, 0) is 9.16 Å². The monoisotopic (exact) mass is 326 g/mol. The molecule has 1 aliphatic rings. The van der Waals surface area contributed by atoms with Crippen molar-refractivity contribution in [1.29, 1.82) is 0 Å². The van der Waals surface area contributed by atoms with Gasteiger partial charge in [-0.1, -0.05) is 74.5 Å². The minimum atomic E-state index is -2.30. The molecule has 0 amide bonds. The third-order valence-electron chi connectivity index (χ3n) is 4.85. The molecule has 0 aliphatic carbocycles. The van der Waals surface area contributed by atoms with Gasteiger partial charge in [0.1, 0.15) is 6.29 Å². The molecule has 0 radical (unpaired) electrons. The van der Waals surface area contributed by atoms with Crippen molar-refractivity contribution in [3.63, 3.8) is 0 Å². The van der Waals surface area contributed by atoms with Gasteiger partial charge < -0.3 is 9.16 Å². The van der Waals surface area contributed by atoms with Crippen LogP contribution in [0.15, 0.2) is 60.7 Å². The van der Waals surface area contributed by atoms with Gasteiger partial charge in [-0.3, -0.25) is 0 Å². The van der Waals surface area contributed by atoms with E-state index in [-0.39, 0.29) is 6.29 Å². The first kappa shape index (κ1) is 16.4. The Bertz CT molecular complexity index is 573. The molecular formula is C20H26O2Si. The second kappa shape index (κ2) is 6.99. The molecule has 2 aromatic rings. The molecule has 3 heteroatoms. The molecular weight excluding hydrogens is 300 g/mol. The summed E-state index contributed by atoms with van der Waals surface area (Å²) < 4.78 is 12.6. The lowest BCUT2D eigenvalue weighted by atomic mass is 10.1. The zero-order valence-electron chi connectivity index (χ0n) is 14.2. The van der Waals surface area contributed by atoms with Gasteiger partial charge in [0.15, 0.2) is 0 Å². The van der Waals surface area contributed by atoms with Crippen LogP contribution in [0, 0.1) is 5.92 Å². The van der Waals surface area contributed by atoms with Crippen molar-refractivity contribution in [2.24, 2.45) is 5.92 Å². The van der Waals surface area contributed by atoms with E-state index in [1.54, 1.807) is 0 Å². The maximum absolute atomic E-state index is 6.75. The second-order valence-electron chi connectivity index (χ2n) is 6.56. The number of rotatable bonds is 5. The summed E-state index contributed by atoms with van der Waals surface area (Å²) in [5.74, 6) is 0.563. The van der Waals surface area contributed by atoms with Gasteiger partial charge in [-0.15, -0.1) is 0 Å². The second-order valence-corrected chi connectivity index (χ2v) is 10.2. The summed E-state index contributed by atoms with van der Waals surface area (Å²) in [4.78, 5) is 0. The van der Waals surface area contributed by atoms with E-state index in [0.717, 1.165) is 6.42 Å². The minimum absolute atomic E-state index is 0.0838. The summed E-state index contributed by atoms with van der Waals surface area (Å²) in [7, 11) is -2.30. The predicted octanol–water partition coefficient (Wildman–Crippen LogP) is 3.56. The average molecular weight is 327 g/mol. The zero-order chi connectivity index (χ0) is 16.3. The minimum Gasteiger partial charge on any atom is -0.383 e. The fraction of sp³-hybridized carbons (Fsp3) is 0.400. The average Bonchev–Trinajstić information content (AvgIpc) is 2.98. The lowest BCUT2D eigenvalue weighted by Crippen LogP contribution is -2.62. The van der Waals surface area contributed by atoms with Crippen molar-refractivity contribution >= 4 is 18.7 Å². The van der Waals surface area contributed by atoms with E-state index in [9.17, 15) is 0 Å². The molecule has 2 aromatic carbocycles. The van der Waals surface area contributed by atoms with Crippen LogP contribution in [-0.4, -0.2) is 21.2 Å². The molecule has 2 unspecified atom stereocenters. The molecule has 1 heterocycles. The normalized spacial score (nSPS) is 23.3. The molecule has 2 atom stereocenters. The van der Waals surface area contributed by atoms with Gasteiger partial charge in [0, 0.05) is 13.0 Å². The smallest absolute Gasteiger partial charge is 0.262 e. The summed E-state index contributed by atoms with van der Waals surface area (Å²) >= 11 is 0. The lowest BCUT2D eigenvalue weighted by molar-refractivity contribution is -0.0668. The van der Waals surface area contributed by atoms with E-state index >= 15 is 0 Å². The Kier molecular flexibility index (Phi) is 5.00. The molecule has 0 spiro atoms. The van der Waals surface area contributed by atoms with Gasteiger partial charge in [0.2, 0.25) is 0 Å². The highest BCUT2D eigenvalue weighted by Crippen LogP contribution is 2.42. The van der Waals surface area contributed by atoms with Crippen molar-refractivity contribution in [1.82, 2.24) is 0 Å². The maximum Gasteiger partial charge on any atom is 0.262 e. The Hall–Kier alpha value is -1.42. The summed E-state index contributed by atoms with van der Waals surface area (Å²) in [6.45, 7) is 7.37. The molecule has 0 bridgehead atoms. The van der Waals surface area contributed by atoms with Crippen LogP contribution in [0.3, 0.4) is 0 Å². The largest absolute Gasteiger partial charge is 0.383 e. The van der Waals surface area contributed by atoms with E-state index in [4.69, 9.17) is 9.16 Å². The molecule has 23 heavy (non-hydrogen) atoms. The van der Waals surface area contributed by atoms with Gasteiger partial charge in [0.25, 0.3) is 8.32 Å². The van der Waals surface area contributed by atoms with Crippen molar-refractivity contribution in [3.05, 3.63) is 60.7 Å². The highest BCUT2D eigenvalue weighted by atomic mass is 28.4. The van der Waals surface area contributed by atoms with E-state index < -0.39 is 8.32 Å². The molecule has 122 valence electrons. The van der Waals surface area contributed by atoms with Crippen LogP contribution in [0.1, 0.15) is 27.2 Å². The van der Waals surface area contributed by atoms with Crippen molar-refractivity contribution in [2.45, 2.75) is 39.0 Å². The van der Waals surface area contributed by atoms with Crippen LogP contribution in [0.4, 0.5) is 0 Å². The summed E-state index contributed by atoms with van der Waals surface area (Å²) in [5.41, 5.74) is 0.517. The Labute approximate surface area is 140 Å². The van der Waals surface area contributed by atoms with Crippen molar-refractivity contribution in [3.8, 4) is 0 Å². The van der Waals surface area contributed by atoms with E-state index in [2.05, 4.69) is 74.5 Å². The van der Waals surface area contributed by atoms with Gasteiger partial charge >= 0.3 is 0 Å². The third kappa shape index (κ3) is 3.01. The van der Waals surface area contributed by atoms with E-state index in [1.807, 2.05) is 6.92 Å². The summed E-state index contributed by atoms with van der Waals surface area (Å²) in [6, 6.07) is 21.6. The molecule has 0 N–H and O–H groups in total. The van der Waals surface area contributed by atoms with Crippen LogP contribution >= 0.6 is 0 Å². The van der Waals surface area contributed by atoms with Crippen LogP contribution in [0.25, 0.3) is 0 Å². The quantitative estimate of drug-likeness (QED) is 0.782. The number of hydrogen-bond donors (Lipinski definition) is 0. The van der Waals surface area contributed by atoms with Gasteiger partial charge in [-0.2, -0.15) is 0 Å². The van der Waals surface area contributed by atoms with Crippen LogP contribution in [0.2, 0.25) is 5.54 Å². The molecule has 1 fully saturated rings. The predicted molar refractivity (Wildman–Crippen MR) is 97.6 cm³/mol. The van der Waals surface area contributed by atoms with Gasteiger partial charge in [0.05, 0.1) is 0 Å². The van der Waals surface area contributed by atoms with Crippen LogP contribution in [0.5, 0.6) is 0 Å². The first-order valence-electron chi connectivity index (χ1n) is 8.59. The Morgan fingerprint density at radius 1 is 1.00 bits per heavy atom. The third-order valence-corrected chi connectivity index (χ3v) is 9.81. The molecule has 0 aromatic heterocycles. The summed E-state index contributed by atoms with van der Waals surface area (Å²) in [6.07, 6.45) is 0.904. The molecule has 3 rings (SSSR count). The fourth-order valence-electron chi connectivity index (χ4n) is 3.85. The van der Waals surface area contributed by atoms with Crippen LogP contribution < -0.4 is 10.4 Å². The topological polar surface area (TPSA) is 18.5 Å². The molecule has 1 aliphatic heterocycles. The highest BCUT2D eigenvalue weighted by Gasteiger charge is 2.55. The number of hydrogen-bond acceptors (Lipinski definition) is 2. The fourth-order valence-corrected chi connectivity index (χ4v) is 8.90. The SMILES string of the molecule is CCOC1CC(C(C)C)[Si](c2ccccc2)(c2ccccc2)O1. The zero-order valence-corrected chi connectivity index (χ0v) is 15.2. The molecule has 2 nitrogen and oxygen atoms in total. The van der Waals surface area contributed by atoms with E-state index in [0.29, 0.717) is 18.1 Å². The van der Waals surface area contributed by atoms with E-state index in [1.165, 1.54) is 10.4 Å². The van der Waals surface area contributed by atoms with Gasteiger partial charge in [-0.25, -0.2) is 0 Å². The first-order chi connectivity index (χ1) is 11.2. The Morgan fingerprint density at radius 3 is 1.96 bits per heavy atom. The number of benzene rings is 2. The Balaban J connectivity index is 2.15. The van der Waals surface area contributed by atoms with Crippen molar-refractivity contribution < 1.29 is 9.16 Å². The molecule has 1 saturated heterocycles.